The second kappa shape index (κ2) is 12.9. The zero-order valence-electron chi connectivity index (χ0n) is 25.8. The normalized spacial score (nSPS) is 11.0. The Balaban J connectivity index is 0.000000155. The quantitative estimate of drug-likeness (QED) is 0.164. The molecule has 0 aliphatic carbocycles. The average molecular weight is 658 g/mol. The van der Waals surface area contributed by atoms with Crippen LogP contribution in [0.3, 0.4) is 0 Å². The monoisotopic (exact) mass is 657 g/mol. The molecule has 0 radical (unpaired) electrons. The second-order valence-electron chi connectivity index (χ2n) is 10.6. The van der Waals surface area contributed by atoms with Gasteiger partial charge in [0.25, 0.3) is 0 Å². The first-order valence-electron chi connectivity index (χ1n) is 14.7. The van der Waals surface area contributed by atoms with Gasteiger partial charge in [0.15, 0.2) is 33.8 Å². The zero-order chi connectivity index (χ0) is 33.9. The highest BCUT2D eigenvalue weighted by Crippen LogP contribution is 2.27. The van der Waals surface area contributed by atoms with Gasteiger partial charge in [0, 0.05) is 5.69 Å². The summed E-state index contributed by atoms with van der Waals surface area (Å²) in [6, 6.07) is 21.7. The van der Waals surface area contributed by atoms with Crippen LogP contribution < -0.4 is 17.2 Å². The zero-order valence-corrected chi connectivity index (χ0v) is 25.8. The molecule has 0 bridgehead atoms. The third-order valence-electron chi connectivity index (χ3n) is 7.23. The van der Waals surface area contributed by atoms with Gasteiger partial charge < -0.3 is 30.8 Å². The van der Waals surface area contributed by atoms with Crippen LogP contribution >= 0.6 is 0 Å². The van der Waals surface area contributed by atoms with E-state index in [9.17, 15) is 4.79 Å². The minimum atomic E-state index is -0.401. The van der Waals surface area contributed by atoms with Crippen molar-refractivity contribution in [3.05, 3.63) is 102 Å². The number of hydrogen-bond donors (Lipinski definition) is 3. The number of rotatable bonds is 7. The fraction of sp³-hybridized carbons (Fsp3) is 0.0938. The second-order valence-corrected chi connectivity index (χ2v) is 10.6. The summed E-state index contributed by atoms with van der Waals surface area (Å²) in [6.45, 7) is 0.838. The van der Waals surface area contributed by atoms with Gasteiger partial charge in [-0.1, -0.05) is 34.7 Å². The number of methoxy groups -OCH3 is 1. The summed E-state index contributed by atoms with van der Waals surface area (Å²) in [5.41, 5.74) is 23.5. The predicted octanol–water partition coefficient (Wildman–Crippen LogP) is 3.59. The minimum Gasteiger partial charge on any atom is -0.465 e. The van der Waals surface area contributed by atoms with Crippen molar-refractivity contribution >= 4 is 45.9 Å². The van der Waals surface area contributed by atoms with E-state index in [1.807, 2.05) is 30.3 Å². The summed E-state index contributed by atoms with van der Waals surface area (Å²) in [5.74, 6) is 0.932. The van der Waals surface area contributed by atoms with E-state index >= 15 is 0 Å². The number of esters is 1. The number of aromatic nitrogens is 10. The van der Waals surface area contributed by atoms with Gasteiger partial charge in [-0.25, -0.2) is 24.1 Å². The molecule has 0 fully saturated rings. The first kappa shape index (κ1) is 30.5. The molecule has 0 amide bonds. The summed E-state index contributed by atoms with van der Waals surface area (Å²) in [6.07, 6.45) is 3.11. The van der Waals surface area contributed by atoms with Crippen LogP contribution in [0.25, 0.3) is 45.2 Å². The first-order valence-corrected chi connectivity index (χ1v) is 14.7. The lowest BCUT2D eigenvalue weighted by molar-refractivity contribution is 0.0600. The maximum Gasteiger partial charge on any atom is 0.337 e. The Hall–Kier alpha value is -7.17. The molecule has 0 saturated heterocycles. The number of furan rings is 2. The fourth-order valence-corrected chi connectivity index (χ4v) is 5.08. The first-order chi connectivity index (χ1) is 23.9. The maximum absolute atomic E-state index is 11.7. The number of ether oxygens (including phenoxy) is 1. The van der Waals surface area contributed by atoms with Gasteiger partial charge in [0.05, 0.1) is 38.3 Å². The van der Waals surface area contributed by atoms with Gasteiger partial charge in [0.2, 0.25) is 11.9 Å². The fourth-order valence-electron chi connectivity index (χ4n) is 5.08. The Labute approximate surface area is 276 Å². The van der Waals surface area contributed by atoms with Crippen molar-refractivity contribution in [3.63, 3.8) is 0 Å². The molecule has 0 spiro atoms. The van der Waals surface area contributed by atoms with Crippen LogP contribution in [0.1, 0.15) is 21.5 Å². The van der Waals surface area contributed by atoms with Gasteiger partial charge in [-0.3, -0.25) is 0 Å². The molecule has 17 nitrogen and oxygen atoms in total. The van der Waals surface area contributed by atoms with Gasteiger partial charge >= 0.3 is 5.97 Å². The molecule has 0 aliphatic heterocycles. The molecular weight excluding hydrogens is 630 g/mol. The van der Waals surface area contributed by atoms with E-state index in [0.29, 0.717) is 69.6 Å². The SMILES string of the molecule is COC(=O)c1cccc(Cn2nnc3c(-c4ccco4)nc(N)nc32)c1.Nc1cccc(Cn2nnc3c(-c4ccco4)nc(N)nc32)c1. The van der Waals surface area contributed by atoms with Crippen molar-refractivity contribution < 1.29 is 18.4 Å². The molecule has 6 heterocycles. The Morgan fingerprint density at radius 1 is 0.694 bits per heavy atom. The van der Waals surface area contributed by atoms with Crippen LogP contribution in [-0.4, -0.2) is 63.0 Å². The Kier molecular flexibility index (Phi) is 8.03. The summed E-state index contributed by atoms with van der Waals surface area (Å²) < 4.78 is 18.8. The highest BCUT2D eigenvalue weighted by molar-refractivity contribution is 5.89. The van der Waals surface area contributed by atoms with Crippen LogP contribution in [0.5, 0.6) is 0 Å². The van der Waals surface area contributed by atoms with Gasteiger partial charge in [-0.2, -0.15) is 9.97 Å². The standard InChI is InChI=1S/C17H14N6O3.C15H13N7O/c1-25-16(24)11-5-2-4-10(8-11)9-23-15-14(21-22-23)13(19-17(18)20-15)12-6-3-7-26-12;16-10-4-1-3-9(7-10)8-22-14-13(20-21-22)12(18-15(17)19-14)11-5-2-6-23-11/h2-8H,9H2,1H3,(H2,18,19,20);1-7H,8,16H2,(H2,17,18,19). The number of carbonyl (C=O) groups is 1. The maximum atomic E-state index is 11.7. The molecule has 6 aromatic heterocycles. The van der Waals surface area contributed by atoms with Gasteiger partial charge in [-0.05, 0) is 59.7 Å². The molecule has 0 atom stereocenters. The number of nitrogens with two attached hydrogens (primary N) is 3. The van der Waals surface area contributed by atoms with Crippen molar-refractivity contribution in [2.24, 2.45) is 0 Å². The molecule has 8 rings (SSSR count). The number of nitrogen functional groups attached to an aromatic ring is 3. The van der Waals surface area contributed by atoms with Crippen LogP contribution in [-0.2, 0) is 17.8 Å². The van der Waals surface area contributed by atoms with E-state index < -0.39 is 5.97 Å². The number of fused-ring (bicyclic) bond motifs is 2. The molecule has 49 heavy (non-hydrogen) atoms. The van der Waals surface area contributed by atoms with Crippen LogP contribution in [0.2, 0.25) is 0 Å². The Morgan fingerprint density at radius 3 is 1.71 bits per heavy atom. The Bertz CT molecular complexity index is 2400. The van der Waals surface area contributed by atoms with Crippen LogP contribution in [0.4, 0.5) is 17.6 Å². The van der Waals surface area contributed by atoms with Crippen molar-refractivity contribution in [1.29, 1.82) is 0 Å². The third kappa shape index (κ3) is 6.30. The smallest absolute Gasteiger partial charge is 0.337 e. The van der Waals surface area contributed by atoms with Crippen molar-refractivity contribution in [3.8, 4) is 22.9 Å². The molecular formula is C32H27N13O4. The van der Waals surface area contributed by atoms with Crippen molar-refractivity contribution in [1.82, 2.24) is 49.9 Å². The predicted molar refractivity (Wildman–Crippen MR) is 177 cm³/mol. The molecule has 6 N–H and O–H groups in total. The Morgan fingerprint density at radius 2 is 1.22 bits per heavy atom. The van der Waals surface area contributed by atoms with Crippen molar-refractivity contribution in [2.45, 2.75) is 13.1 Å². The van der Waals surface area contributed by atoms with E-state index in [-0.39, 0.29) is 11.9 Å². The lowest BCUT2D eigenvalue weighted by atomic mass is 10.1. The summed E-state index contributed by atoms with van der Waals surface area (Å²) in [7, 11) is 1.34. The molecule has 0 saturated carbocycles. The molecule has 17 heteroatoms. The highest BCUT2D eigenvalue weighted by Gasteiger charge is 2.19. The number of benzene rings is 2. The average Bonchev–Trinajstić information content (AvgIpc) is 3.94. The summed E-state index contributed by atoms with van der Waals surface area (Å²) >= 11 is 0. The van der Waals surface area contributed by atoms with E-state index in [2.05, 4.69) is 40.6 Å². The number of hydrogen-bond acceptors (Lipinski definition) is 15. The van der Waals surface area contributed by atoms with Crippen LogP contribution in [0, 0.1) is 0 Å². The minimum absolute atomic E-state index is 0.0933. The van der Waals surface area contributed by atoms with Gasteiger partial charge in [0.1, 0.15) is 11.4 Å². The topological polar surface area (TPSA) is 244 Å². The molecule has 244 valence electrons. The molecule has 8 aromatic rings. The van der Waals surface area contributed by atoms with E-state index in [1.165, 1.54) is 7.11 Å². The number of nitrogens with zero attached hydrogens (tertiary/aromatic N) is 10. The molecule has 0 unspecified atom stereocenters. The largest absolute Gasteiger partial charge is 0.465 e. The highest BCUT2D eigenvalue weighted by atomic mass is 16.5. The van der Waals surface area contributed by atoms with E-state index in [0.717, 1.165) is 11.1 Å². The van der Waals surface area contributed by atoms with Crippen molar-refractivity contribution in [2.75, 3.05) is 24.3 Å². The number of carbonyl (C=O) groups excluding carboxylic acids is 1. The lowest BCUT2D eigenvalue weighted by Crippen LogP contribution is -2.07. The molecule has 0 aliphatic rings. The van der Waals surface area contributed by atoms with E-state index in [4.69, 9.17) is 30.8 Å². The number of anilines is 3. The summed E-state index contributed by atoms with van der Waals surface area (Å²) in [5, 5.41) is 16.6. The van der Waals surface area contributed by atoms with Crippen LogP contribution in [0.15, 0.2) is 94.2 Å². The van der Waals surface area contributed by atoms with E-state index in [1.54, 1.807) is 64.4 Å². The molecule has 2 aromatic carbocycles. The third-order valence-corrected chi connectivity index (χ3v) is 7.23. The summed E-state index contributed by atoms with van der Waals surface area (Å²) in [4.78, 5) is 28.6. The lowest BCUT2D eigenvalue weighted by Gasteiger charge is -2.05. The van der Waals surface area contributed by atoms with Gasteiger partial charge in [-0.15, -0.1) is 10.2 Å².